The Morgan fingerprint density at radius 1 is 0.933 bits per heavy atom. The lowest BCUT2D eigenvalue weighted by Crippen LogP contribution is -2.43. The van der Waals surface area contributed by atoms with Crippen molar-refractivity contribution in [3.63, 3.8) is 0 Å². The Bertz CT molecular complexity index is 118. The van der Waals surface area contributed by atoms with Crippen molar-refractivity contribution < 1.29 is 10.2 Å². The molecule has 0 aliphatic carbocycles. The molecule has 0 aliphatic rings. The lowest BCUT2D eigenvalue weighted by atomic mass is 9.83. The largest absolute Gasteiger partial charge is 0.396 e. The van der Waals surface area contributed by atoms with Gasteiger partial charge in [0.1, 0.15) is 0 Å². The van der Waals surface area contributed by atoms with Gasteiger partial charge in [-0.25, -0.2) is 0 Å². The SMILES string of the molecule is CCCCC(CCCO)(CCCO)NC. The minimum absolute atomic E-state index is 0.126. The standard InChI is InChI=1S/C12H27NO2/c1-3-4-7-12(13-2,8-5-10-14)9-6-11-15/h13-15H,3-11H2,1-2H3. The van der Waals surface area contributed by atoms with E-state index in [1.165, 1.54) is 12.8 Å². The van der Waals surface area contributed by atoms with Gasteiger partial charge in [0.2, 0.25) is 0 Å². The first-order chi connectivity index (χ1) is 7.24. The Hall–Kier alpha value is -0.120. The first-order valence-corrected chi connectivity index (χ1v) is 6.15. The molecule has 15 heavy (non-hydrogen) atoms. The fourth-order valence-electron chi connectivity index (χ4n) is 2.10. The van der Waals surface area contributed by atoms with Crippen molar-refractivity contribution in [3.8, 4) is 0 Å². The minimum atomic E-state index is 0.126. The van der Waals surface area contributed by atoms with Crippen LogP contribution in [-0.4, -0.2) is 36.0 Å². The first kappa shape index (κ1) is 14.9. The molecule has 0 aliphatic heterocycles. The molecule has 0 heterocycles. The van der Waals surface area contributed by atoms with E-state index < -0.39 is 0 Å². The van der Waals surface area contributed by atoms with Crippen molar-refractivity contribution in [1.29, 1.82) is 0 Å². The summed E-state index contributed by atoms with van der Waals surface area (Å²) in [6.07, 6.45) is 7.23. The second-order valence-electron chi connectivity index (χ2n) is 4.29. The first-order valence-electron chi connectivity index (χ1n) is 6.15. The lowest BCUT2D eigenvalue weighted by Gasteiger charge is -2.34. The van der Waals surface area contributed by atoms with Gasteiger partial charge in [0.25, 0.3) is 0 Å². The van der Waals surface area contributed by atoms with Crippen LogP contribution in [0.3, 0.4) is 0 Å². The number of unbranched alkanes of at least 4 members (excludes halogenated alkanes) is 1. The molecule has 0 bridgehead atoms. The molecule has 3 N–H and O–H groups in total. The van der Waals surface area contributed by atoms with Crippen molar-refractivity contribution in [2.75, 3.05) is 20.3 Å². The molecule has 0 spiro atoms. The van der Waals surface area contributed by atoms with Gasteiger partial charge in [0.05, 0.1) is 0 Å². The van der Waals surface area contributed by atoms with E-state index in [1.54, 1.807) is 0 Å². The Kier molecular flexibility index (Phi) is 9.06. The van der Waals surface area contributed by atoms with E-state index in [2.05, 4.69) is 12.2 Å². The van der Waals surface area contributed by atoms with E-state index in [-0.39, 0.29) is 18.8 Å². The second kappa shape index (κ2) is 9.13. The van der Waals surface area contributed by atoms with Crippen molar-refractivity contribution in [3.05, 3.63) is 0 Å². The van der Waals surface area contributed by atoms with Crippen molar-refractivity contribution in [2.45, 2.75) is 57.4 Å². The molecular formula is C12H27NO2. The number of aliphatic hydroxyl groups excluding tert-OH is 2. The number of hydrogen-bond acceptors (Lipinski definition) is 3. The highest BCUT2D eigenvalue weighted by Gasteiger charge is 2.25. The highest BCUT2D eigenvalue weighted by atomic mass is 16.3. The lowest BCUT2D eigenvalue weighted by molar-refractivity contribution is 0.200. The van der Waals surface area contributed by atoms with Crippen LogP contribution in [0.25, 0.3) is 0 Å². The summed E-state index contributed by atoms with van der Waals surface area (Å²) < 4.78 is 0. The minimum Gasteiger partial charge on any atom is -0.396 e. The van der Waals surface area contributed by atoms with Crippen LogP contribution in [0.15, 0.2) is 0 Å². The predicted octanol–water partition coefficient (Wildman–Crippen LogP) is 1.68. The van der Waals surface area contributed by atoms with Crippen molar-refractivity contribution >= 4 is 0 Å². The van der Waals surface area contributed by atoms with Gasteiger partial charge < -0.3 is 15.5 Å². The summed E-state index contributed by atoms with van der Waals surface area (Å²) in [5.74, 6) is 0. The molecule has 0 unspecified atom stereocenters. The second-order valence-corrected chi connectivity index (χ2v) is 4.29. The zero-order chi connectivity index (χ0) is 11.6. The van der Waals surface area contributed by atoms with Crippen LogP contribution in [0.5, 0.6) is 0 Å². The summed E-state index contributed by atoms with van der Waals surface area (Å²) >= 11 is 0. The average molecular weight is 217 g/mol. The smallest absolute Gasteiger partial charge is 0.0431 e. The molecular weight excluding hydrogens is 190 g/mol. The molecule has 3 heteroatoms. The number of nitrogens with one attached hydrogen (secondary N) is 1. The molecule has 0 aromatic carbocycles. The Balaban J connectivity index is 4.16. The quantitative estimate of drug-likeness (QED) is 0.522. The van der Waals surface area contributed by atoms with E-state index in [9.17, 15) is 0 Å². The van der Waals surface area contributed by atoms with Crippen LogP contribution >= 0.6 is 0 Å². The van der Waals surface area contributed by atoms with Gasteiger partial charge in [-0.1, -0.05) is 19.8 Å². The normalized spacial score (nSPS) is 12.0. The van der Waals surface area contributed by atoms with Crippen LogP contribution < -0.4 is 5.32 Å². The summed E-state index contributed by atoms with van der Waals surface area (Å²) in [6, 6.07) is 0. The molecule has 0 atom stereocenters. The fraction of sp³-hybridized carbons (Fsp3) is 1.00. The third-order valence-electron chi connectivity index (χ3n) is 3.17. The molecule has 0 saturated carbocycles. The van der Waals surface area contributed by atoms with E-state index in [4.69, 9.17) is 10.2 Å². The van der Waals surface area contributed by atoms with E-state index in [0.717, 1.165) is 32.1 Å². The topological polar surface area (TPSA) is 52.5 Å². The number of hydrogen-bond donors (Lipinski definition) is 3. The Morgan fingerprint density at radius 3 is 1.73 bits per heavy atom. The summed E-state index contributed by atoms with van der Waals surface area (Å²) in [6.45, 7) is 2.71. The molecule has 0 aromatic heterocycles. The molecule has 0 fully saturated rings. The molecule has 0 rings (SSSR count). The van der Waals surface area contributed by atoms with E-state index in [1.807, 2.05) is 7.05 Å². The van der Waals surface area contributed by atoms with Gasteiger partial charge in [-0.2, -0.15) is 0 Å². The van der Waals surface area contributed by atoms with Crippen molar-refractivity contribution in [2.24, 2.45) is 0 Å². The average Bonchev–Trinajstić information content (AvgIpc) is 2.29. The summed E-state index contributed by atoms with van der Waals surface area (Å²) in [4.78, 5) is 0. The number of aliphatic hydroxyl groups is 2. The zero-order valence-corrected chi connectivity index (χ0v) is 10.3. The van der Waals surface area contributed by atoms with Gasteiger partial charge in [0, 0.05) is 18.8 Å². The maximum Gasteiger partial charge on any atom is 0.0431 e. The molecule has 3 nitrogen and oxygen atoms in total. The van der Waals surface area contributed by atoms with Gasteiger partial charge in [0.15, 0.2) is 0 Å². The van der Waals surface area contributed by atoms with Crippen LogP contribution in [0.4, 0.5) is 0 Å². The van der Waals surface area contributed by atoms with Crippen LogP contribution in [0.2, 0.25) is 0 Å². The molecule has 0 aromatic rings. The van der Waals surface area contributed by atoms with Gasteiger partial charge in [-0.3, -0.25) is 0 Å². The third kappa shape index (κ3) is 6.13. The predicted molar refractivity (Wildman–Crippen MR) is 64.0 cm³/mol. The van der Waals surface area contributed by atoms with Crippen LogP contribution in [0.1, 0.15) is 51.9 Å². The monoisotopic (exact) mass is 217 g/mol. The van der Waals surface area contributed by atoms with Gasteiger partial charge in [-0.15, -0.1) is 0 Å². The zero-order valence-electron chi connectivity index (χ0n) is 10.3. The fourth-order valence-corrected chi connectivity index (χ4v) is 2.10. The maximum absolute atomic E-state index is 8.90. The molecule has 0 amide bonds. The Morgan fingerprint density at radius 2 is 1.40 bits per heavy atom. The van der Waals surface area contributed by atoms with Gasteiger partial charge >= 0.3 is 0 Å². The maximum atomic E-state index is 8.90. The van der Waals surface area contributed by atoms with Crippen LogP contribution in [-0.2, 0) is 0 Å². The van der Waals surface area contributed by atoms with E-state index in [0.29, 0.717) is 0 Å². The van der Waals surface area contributed by atoms with Gasteiger partial charge in [-0.05, 0) is 39.2 Å². The van der Waals surface area contributed by atoms with Crippen molar-refractivity contribution in [1.82, 2.24) is 5.32 Å². The van der Waals surface area contributed by atoms with Crippen LogP contribution in [0, 0.1) is 0 Å². The third-order valence-corrected chi connectivity index (χ3v) is 3.17. The summed E-state index contributed by atoms with van der Waals surface area (Å²) in [5.41, 5.74) is 0.126. The molecule has 0 saturated heterocycles. The van der Waals surface area contributed by atoms with E-state index >= 15 is 0 Å². The summed E-state index contributed by atoms with van der Waals surface area (Å²) in [5, 5.41) is 21.2. The highest BCUT2D eigenvalue weighted by molar-refractivity contribution is 4.86. The Labute approximate surface area is 93.9 Å². The molecule has 0 radical (unpaired) electrons. The molecule has 92 valence electrons. The highest BCUT2D eigenvalue weighted by Crippen LogP contribution is 2.25. The number of rotatable bonds is 10. The summed E-state index contributed by atoms with van der Waals surface area (Å²) in [7, 11) is 1.99.